The zero-order valence-electron chi connectivity index (χ0n) is 12.5. The van der Waals surface area contributed by atoms with Crippen molar-refractivity contribution in [2.45, 2.75) is 17.4 Å². The molecule has 0 unspecified atom stereocenters. The number of hydrogen-bond donors (Lipinski definition) is 2. The molecule has 24 heavy (non-hydrogen) atoms. The van der Waals surface area contributed by atoms with Crippen LogP contribution in [0.3, 0.4) is 0 Å². The molecule has 0 radical (unpaired) electrons. The summed E-state index contributed by atoms with van der Waals surface area (Å²) in [5.41, 5.74) is 0.860. The lowest BCUT2D eigenvalue weighted by atomic mass is 10.0. The summed E-state index contributed by atoms with van der Waals surface area (Å²) in [6.07, 6.45) is 0.704. The molecule has 0 bridgehead atoms. The second-order valence-electron chi connectivity index (χ2n) is 5.31. The first-order chi connectivity index (χ1) is 11.5. The van der Waals surface area contributed by atoms with E-state index >= 15 is 0 Å². The molecule has 0 aromatic heterocycles. The minimum absolute atomic E-state index is 0.104. The Morgan fingerprint density at radius 3 is 2.50 bits per heavy atom. The monoisotopic (exact) mass is 348 g/mol. The Kier molecular flexibility index (Phi) is 4.80. The number of nitrogens with one attached hydrogen (secondary N) is 2. The third-order valence-electron chi connectivity index (χ3n) is 3.59. The van der Waals surface area contributed by atoms with Crippen molar-refractivity contribution in [2.75, 3.05) is 11.1 Å². The van der Waals surface area contributed by atoms with Crippen LogP contribution in [0.4, 0.5) is 14.5 Å². The van der Waals surface area contributed by atoms with E-state index in [1.54, 1.807) is 11.8 Å². The number of fused-ring (bicyclic) bond motifs is 1. The predicted molar refractivity (Wildman–Crippen MR) is 87.7 cm³/mol. The van der Waals surface area contributed by atoms with Crippen LogP contribution in [0.1, 0.15) is 18.0 Å². The van der Waals surface area contributed by atoms with Crippen molar-refractivity contribution >= 4 is 29.3 Å². The highest BCUT2D eigenvalue weighted by Gasteiger charge is 2.24. The summed E-state index contributed by atoms with van der Waals surface area (Å²) < 4.78 is 26.2. The topological polar surface area (TPSA) is 58.2 Å². The summed E-state index contributed by atoms with van der Waals surface area (Å²) in [5.74, 6) is -2.63. The van der Waals surface area contributed by atoms with Gasteiger partial charge in [0.15, 0.2) is 0 Å². The van der Waals surface area contributed by atoms with Crippen LogP contribution in [0.2, 0.25) is 0 Å². The Hall–Kier alpha value is -2.41. The molecule has 124 valence electrons. The fourth-order valence-corrected chi connectivity index (χ4v) is 3.65. The van der Waals surface area contributed by atoms with Gasteiger partial charge in [0, 0.05) is 22.4 Å². The lowest BCUT2D eigenvalue weighted by Crippen LogP contribution is -2.38. The molecular formula is C17H14F2N2O2S. The number of carbonyl (C=O) groups excluding carboxylic acids is 2. The molecule has 2 N–H and O–H groups in total. The highest BCUT2D eigenvalue weighted by Crippen LogP contribution is 2.35. The molecule has 0 saturated heterocycles. The predicted octanol–water partition coefficient (Wildman–Crippen LogP) is 3.26. The van der Waals surface area contributed by atoms with Gasteiger partial charge >= 0.3 is 11.8 Å². The summed E-state index contributed by atoms with van der Waals surface area (Å²) in [5, 5.41) is 4.87. The van der Waals surface area contributed by atoms with E-state index < -0.39 is 23.4 Å². The summed E-state index contributed by atoms with van der Waals surface area (Å²) in [6, 6.07) is 9.99. The van der Waals surface area contributed by atoms with E-state index in [0.29, 0.717) is 12.5 Å². The number of thioether (sulfide) groups is 1. The molecule has 0 saturated carbocycles. The van der Waals surface area contributed by atoms with Crippen LogP contribution >= 0.6 is 11.8 Å². The van der Waals surface area contributed by atoms with Crippen LogP contribution in [-0.2, 0) is 9.59 Å². The number of anilines is 1. The molecule has 1 aliphatic heterocycles. The fourth-order valence-electron chi connectivity index (χ4n) is 2.53. The lowest BCUT2D eigenvalue weighted by molar-refractivity contribution is -0.136. The van der Waals surface area contributed by atoms with Crippen LogP contribution in [0.5, 0.6) is 0 Å². The van der Waals surface area contributed by atoms with Crippen molar-refractivity contribution in [3.8, 4) is 0 Å². The van der Waals surface area contributed by atoms with Gasteiger partial charge < -0.3 is 10.6 Å². The van der Waals surface area contributed by atoms with Gasteiger partial charge in [-0.2, -0.15) is 0 Å². The number of rotatable bonds is 2. The summed E-state index contributed by atoms with van der Waals surface area (Å²) in [4.78, 5) is 25.1. The Labute approximate surface area is 141 Å². The van der Waals surface area contributed by atoms with E-state index in [1.165, 1.54) is 0 Å². The van der Waals surface area contributed by atoms with Crippen molar-refractivity contribution in [3.05, 3.63) is 59.7 Å². The van der Waals surface area contributed by atoms with Gasteiger partial charge in [-0.3, -0.25) is 9.59 Å². The van der Waals surface area contributed by atoms with E-state index in [2.05, 4.69) is 10.6 Å². The van der Waals surface area contributed by atoms with Gasteiger partial charge in [-0.1, -0.05) is 18.2 Å². The summed E-state index contributed by atoms with van der Waals surface area (Å²) >= 11 is 1.70. The first-order valence-corrected chi connectivity index (χ1v) is 8.31. The first-order valence-electron chi connectivity index (χ1n) is 7.32. The molecule has 2 amide bonds. The minimum atomic E-state index is -0.962. The van der Waals surface area contributed by atoms with Gasteiger partial charge in [-0.15, -0.1) is 11.8 Å². The molecule has 1 aliphatic rings. The largest absolute Gasteiger partial charge is 0.341 e. The Balaban J connectivity index is 1.68. The number of halogens is 2. The molecule has 2 aromatic carbocycles. The number of hydrogen-bond acceptors (Lipinski definition) is 3. The normalized spacial score (nSPS) is 16.2. The molecule has 1 heterocycles. The van der Waals surface area contributed by atoms with Crippen LogP contribution in [-0.4, -0.2) is 17.6 Å². The van der Waals surface area contributed by atoms with Gasteiger partial charge in [-0.25, -0.2) is 8.78 Å². The number of benzene rings is 2. The second-order valence-corrected chi connectivity index (χ2v) is 6.45. The van der Waals surface area contributed by atoms with E-state index in [9.17, 15) is 18.4 Å². The van der Waals surface area contributed by atoms with Gasteiger partial charge in [0.2, 0.25) is 0 Å². The zero-order valence-corrected chi connectivity index (χ0v) is 13.3. The van der Waals surface area contributed by atoms with Crippen LogP contribution in [0.25, 0.3) is 0 Å². The van der Waals surface area contributed by atoms with Crippen molar-refractivity contribution in [2.24, 2.45) is 0 Å². The average molecular weight is 348 g/mol. The van der Waals surface area contributed by atoms with Crippen LogP contribution < -0.4 is 10.6 Å². The molecule has 3 rings (SSSR count). The van der Waals surface area contributed by atoms with Gasteiger partial charge in [0.05, 0.1) is 6.04 Å². The van der Waals surface area contributed by atoms with Crippen molar-refractivity contribution < 1.29 is 18.4 Å². The van der Waals surface area contributed by atoms with Gasteiger partial charge in [0.1, 0.15) is 11.6 Å². The quantitative estimate of drug-likeness (QED) is 0.819. The lowest BCUT2D eigenvalue weighted by Gasteiger charge is -2.25. The Morgan fingerprint density at radius 2 is 1.75 bits per heavy atom. The molecular weight excluding hydrogens is 334 g/mol. The van der Waals surface area contributed by atoms with Crippen LogP contribution in [0.15, 0.2) is 47.4 Å². The molecule has 1 atom stereocenters. The molecule has 2 aromatic rings. The number of amides is 2. The SMILES string of the molecule is O=C(Nc1cc(F)cc(F)c1)C(=O)N[C@H]1CCSc2ccccc21. The standard InChI is InChI=1S/C17H14F2N2O2S/c18-10-7-11(19)9-12(8-10)20-16(22)17(23)21-14-5-6-24-15-4-2-1-3-13(14)15/h1-4,7-9,14H,5-6H2,(H,20,22)(H,21,23)/t14-/m0/s1. The minimum Gasteiger partial charge on any atom is -0.341 e. The van der Waals surface area contributed by atoms with Gasteiger partial charge in [0.25, 0.3) is 0 Å². The van der Waals surface area contributed by atoms with Crippen LogP contribution in [0, 0.1) is 11.6 Å². The maximum Gasteiger partial charge on any atom is 0.313 e. The average Bonchev–Trinajstić information content (AvgIpc) is 2.54. The smallest absolute Gasteiger partial charge is 0.313 e. The van der Waals surface area contributed by atoms with Crippen molar-refractivity contribution in [1.29, 1.82) is 0 Å². The summed E-state index contributed by atoms with van der Waals surface area (Å²) in [7, 11) is 0. The maximum atomic E-state index is 13.1. The number of carbonyl (C=O) groups is 2. The van der Waals surface area contributed by atoms with E-state index in [-0.39, 0.29) is 11.7 Å². The Morgan fingerprint density at radius 1 is 1.04 bits per heavy atom. The van der Waals surface area contributed by atoms with Crippen molar-refractivity contribution in [1.82, 2.24) is 5.32 Å². The zero-order chi connectivity index (χ0) is 17.1. The molecule has 0 aliphatic carbocycles. The first kappa shape index (κ1) is 16.4. The highest BCUT2D eigenvalue weighted by atomic mass is 32.2. The van der Waals surface area contributed by atoms with E-state index in [0.717, 1.165) is 28.3 Å². The second kappa shape index (κ2) is 7.00. The molecule has 0 fully saturated rings. The molecule has 0 spiro atoms. The third-order valence-corrected chi connectivity index (χ3v) is 4.71. The maximum absolute atomic E-state index is 13.1. The van der Waals surface area contributed by atoms with Crippen molar-refractivity contribution in [3.63, 3.8) is 0 Å². The Bertz CT molecular complexity index is 778. The molecule has 4 nitrogen and oxygen atoms in total. The third kappa shape index (κ3) is 3.73. The van der Waals surface area contributed by atoms with E-state index in [1.807, 2.05) is 24.3 Å². The fraction of sp³-hybridized carbons (Fsp3) is 0.176. The molecule has 7 heteroatoms. The van der Waals surface area contributed by atoms with E-state index in [4.69, 9.17) is 0 Å². The highest BCUT2D eigenvalue weighted by molar-refractivity contribution is 7.99. The van der Waals surface area contributed by atoms with Gasteiger partial charge in [-0.05, 0) is 30.2 Å². The summed E-state index contributed by atoms with van der Waals surface area (Å²) in [6.45, 7) is 0.